The summed E-state index contributed by atoms with van der Waals surface area (Å²) >= 11 is 7.43. The Morgan fingerprint density at radius 2 is 2.33 bits per heavy atom. The first kappa shape index (κ1) is 10.7. The van der Waals surface area contributed by atoms with E-state index in [1.54, 1.807) is 23.9 Å². The van der Waals surface area contributed by atoms with E-state index in [0.29, 0.717) is 0 Å². The van der Waals surface area contributed by atoms with E-state index in [4.69, 9.17) is 21.9 Å². The Morgan fingerprint density at radius 3 is 2.87 bits per heavy atom. The molecule has 1 unspecified atom stereocenters. The van der Waals surface area contributed by atoms with Crippen LogP contribution in [0.4, 0.5) is 0 Å². The highest BCUT2D eigenvalue weighted by atomic mass is 35.5. The topological polar surface area (TPSA) is 51.2 Å². The normalized spacial score (nSPS) is 12.9. The number of nitrogens with one attached hydrogen (secondary N) is 1. The van der Waals surface area contributed by atoms with Crippen molar-refractivity contribution < 1.29 is 4.42 Å². The molecule has 5 heteroatoms. The number of thiophene rings is 1. The first-order valence-corrected chi connectivity index (χ1v) is 5.71. The van der Waals surface area contributed by atoms with Crippen molar-refractivity contribution in [1.29, 1.82) is 0 Å². The Morgan fingerprint density at radius 1 is 1.47 bits per heavy atom. The third-order valence-electron chi connectivity index (χ3n) is 2.18. The molecule has 3 N–H and O–H groups in total. The summed E-state index contributed by atoms with van der Waals surface area (Å²) in [5, 5.41) is 0. The van der Waals surface area contributed by atoms with Gasteiger partial charge in [0.25, 0.3) is 0 Å². The van der Waals surface area contributed by atoms with E-state index >= 15 is 0 Å². The summed E-state index contributed by atoms with van der Waals surface area (Å²) in [6.45, 7) is 0. The molecule has 0 bridgehead atoms. The number of halogens is 1. The van der Waals surface area contributed by atoms with E-state index < -0.39 is 0 Å². The molecule has 0 aliphatic heterocycles. The second kappa shape index (κ2) is 4.81. The fourth-order valence-corrected chi connectivity index (χ4v) is 2.54. The zero-order valence-electron chi connectivity index (χ0n) is 7.94. The quantitative estimate of drug-likeness (QED) is 0.640. The van der Waals surface area contributed by atoms with Gasteiger partial charge in [0, 0.05) is 16.9 Å². The second-order valence-corrected chi connectivity index (χ2v) is 4.99. The fourth-order valence-electron chi connectivity index (χ4n) is 1.41. The van der Waals surface area contributed by atoms with Gasteiger partial charge in [0.2, 0.25) is 0 Å². The second-order valence-electron chi connectivity index (χ2n) is 3.19. The van der Waals surface area contributed by atoms with Gasteiger partial charge in [0.15, 0.2) is 0 Å². The lowest BCUT2D eigenvalue weighted by Gasteiger charge is -2.12. The largest absolute Gasteiger partial charge is 0.472 e. The summed E-state index contributed by atoms with van der Waals surface area (Å²) in [6.07, 6.45) is 4.15. The maximum Gasteiger partial charge on any atom is 0.0951 e. The van der Waals surface area contributed by atoms with Crippen LogP contribution in [-0.4, -0.2) is 0 Å². The molecule has 2 heterocycles. The summed E-state index contributed by atoms with van der Waals surface area (Å²) in [5.41, 5.74) is 3.81. The summed E-state index contributed by atoms with van der Waals surface area (Å²) < 4.78 is 5.82. The molecule has 0 aliphatic carbocycles. The van der Waals surface area contributed by atoms with Crippen LogP contribution in [0.2, 0.25) is 4.34 Å². The van der Waals surface area contributed by atoms with Crippen molar-refractivity contribution in [2.75, 3.05) is 0 Å². The molecule has 0 saturated heterocycles. The molecule has 0 aromatic carbocycles. The molecule has 3 nitrogen and oxygen atoms in total. The highest BCUT2D eigenvalue weighted by molar-refractivity contribution is 7.16. The van der Waals surface area contributed by atoms with Crippen LogP contribution in [0.3, 0.4) is 0 Å². The van der Waals surface area contributed by atoms with E-state index in [1.165, 1.54) is 4.88 Å². The molecule has 0 aliphatic rings. The van der Waals surface area contributed by atoms with Crippen molar-refractivity contribution in [1.82, 2.24) is 5.43 Å². The van der Waals surface area contributed by atoms with Gasteiger partial charge >= 0.3 is 0 Å². The first-order chi connectivity index (χ1) is 7.29. The average Bonchev–Trinajstić information content (AvgIpc) is 2.85. The highest BCUT2D eigenvalue weighted by Crippen LogP contribution is 2.26. The number of hydrogen-bond donors (Lipinski definition) is 2. The van der Waals surface area contributed by atoms with Crippen LogP contribution in [0, 0.1) is 0 Å². The molecule has 0 fully saturated rings. The molecule has 2 rings (SSSR count). The van der Waals surface area contributed by atoms with Crippen LogP contribution in [-0.2, 0) is 6.42 Å². The minimum Gasteiger partial charge on any atom is -0.472 e. The minimum absolute atomic E-state index is 0.0680. The first-order valence-electron chi connectivity index (χ1n) is 4.52. The van der Waals surface area contributed by atoms with Gasteiger partial charge in [-0.15, -0.1) is 11.3 Å². The van der Waals surface area contributed by atoms with Crippen molar-refractivity contribution >= 4 is 22.9 Å². The molecule has 2 aromatic rings. The maximum absolute atomic E-state index is 5.86. The van der Waals surface area contributed by atoms with Gasteiger partial charge in [-0.1, -0.05) is 11.6 Å². The van der Waals surface area contributed by atoms with Crippen LogP contribution in [0.5, 0.6) is 0 Å². The summed E-state index contributed by atoms with van der Waals surface area (Å²) in [6, 6.07) is 5.88. The molecule has 2 aromatic heterocycles. The predicted octanol–water partition coefficient (Wildman–Crippen LogP) is 2.74. The lowest BCUT2D eigenvalue weighted by molar-refractivity contribution is 0.527. The van der Waals surface area contributed by atoms with Crippen molar-refractivity contribution in [3.8, 4) is 0 Å². The maximum atomic E-state index is 5.86. The Kier molecular flexibility index (Phi) is 3.43. The van der Waals surface area contributed by atoms with E-state index in [9.17, 15) is 0 Å². The summed E-state index contributed by atoms with van der Waals surface area (Å²) in [7, 11) is 0. The van der Waals surface area contributed by atoms with E-state index in [-0.39, 0.29) is 6.04 Å². The smallest absolute Gasteiger partial charge is 0.0951 e. The van der Waals surface area contributed by atoms with E-state index in [2.05, 4.69) is 5.43 Å². The monoisotopic (exact) mass is 242 g/mol. The van der Waals surface area contributed by atoms with E-state index in [0.717, 1.165) is 16.3 Å². The van der Waals surface area contributed by atoms with Gasteiger partial charge in [0.1, 0.15) is 0 Å². The SMILES string of the molecule is NNC(Cc1ccc(Cl)s1)c1ccoc1. The lowest BCUT2D eigenvalue weighted by atomic mass is 10.1. The minimum atomic E-state index is 0.0680. The molecule has 1 atom stereocenters. The van der Waals surface area contributed by atoms with Gasteiger partial charge in [-0.25, -0.2) is 0 Å². The number of nitrogens with two attached hydrogens (primary N) is 1. The zero-order chi connectivity index (χ0) is 10.7. The summed E-state index contributed by atoms with van der Waals surface area (Å²) in [4.78, 5) is 1.20. The molecule has 0 saturated carbocycles. The Labute approximate surface area is 96.8 Å². The summed E-state index contributed by atoms with van der Waals surface area (Å²) in [5.74, 6) is 5.50. The van der Waals surface area contributed by atoms with Crippen LogP contribution in [0.1, 0.15) is 16.5 Å². The Balaban J connectivity index is 2.09. The third-order valence-corrected chi connectivity index (χ3v) is 3.43. The fraction of sp³-hybridized carbons (Fsp3) is 0.200. The van der Waals surface area contributed by atoms with Gasteiger partial charge in [-0.05, 0) is 18.2 Å². The number of furan rings is 1. The van der Waals surface area contributed by atoms with Gasteiger partial charge in [-0.2, -0.15) is 0 Å². The van der Waals surface area contributed by atoms with Crippen LogP contribution >= 0.6 is 22.9 Å². The molecule has 0 amide bonds. The Bertz CT molecular complexity index is 413. The van der Waals surface area contributed by atoms with Crippen molar-refractivity contribution in [3.63, 3.8) is 0 Å². The molecule has 80 valence electrons. The molecule has 0 spiro atoms. The Hall–Kier alpha value is -0.810. The number of rotatable bonds is 4. The number of hydrogen-bond acceptors (Lipinski definition) is 4. The molecular formula is C10H11ClN2OS. The van der Waals surface area contributed by atoms with Crippen LogP contribution in [0.15, 0.2) is 35.1 Å². The third kappa shape index (κ3) is 2.60. The zero-order valence-corrected chi connectivity index (χ0v) is 9.52. The van der Waals surface area contributed by atoms with Crippen molar-refractivity contribution in [2.24, 2.45) is 5.84 Å². The van der Waals surface area contributed by atoms with Crippen LogP contribution < -0.4 is 11.3 Å². The number of hydrazine groups is 1. The average molecular weight is 243 g/mol. The van der Waals surface area contributed by atoms with E-state index in [1.807, 2.05) is 18.2 Å². The predicted molar refractivity (Wildman–Crippen MR) is 61.8 cm³/mol. The van der Waals surface area contributed by atoms with Crippen molar-refractivity contribution in [2.45, 2.75) is 12.5 Å². The van der Waals surface area contributed by atoms with Gasteiger partial charge in [-0.3, -0.25) is 11.3 Å². The van der Waals surface area contributed by atoms with Crippen molar-refractivity contribution in [3.05, 3.63) is 45.5 Å². The molecular weight excluding hydrogens is 232 g/mol. The van der Waals surface area contributed by atoms with Gasteiger partial charge < -0.3 is 4.42 Å². The highest BCUT2D eigenvalue weighted by Gasteiger charge is 2.12. The van der Waals surface area contributed by atoms with Crippen LogP contribution in [0.25, 0.3) is 0 Å². The standard InChI is InChI=1S/C10H11ClN2OS/c11-10-2-1-8(15-10)5-9(13-12)7-3-4-14-6-7/h1-4,6,9,13H,5,12H2. The molecule has 0 radical (unpaired) electrons. The lowest BCUT2D eigenvalue weighted by Crippen LogP contribution is -2.29. The molecule has 15 heavy (non-hydrogen) atoms. The van der Waals surface area contributed by atoms with Gasteiger partial charge in [0.05, 0.1) is 22.9 Å².